The van der Waals surface area contributed by atoms with Crippen LogP contribution in [0.2, 0.25) is 0 Å². The quantitative estimate of drug-likeness (QED) is 0.889. The minimum absolute atomic E-state index is 0.339. The molecule has 0 saturated heterocycles. The lowest BCUT2D eigenvalue weighted by atomic mass is 10.1. The zero-order valence-corrected chi connectivity index (χ0v) is 10.1. The molecule has 0 aliphatic rings. The van der Waals surface area contributed by atoms with Crippen molar-refractivity contribution in [3.8, 4) is 6.07 Å². The monoisotopic (exact) mass is 240 g/mol. The van der Waals surface area contributed by atoms with E-state index in [0.29, 0.717) is 17.7 Å². The summed E-state index contributed by atoms with van der Waals surface area (Å²) in [4.78, 5) is 0. The van der Waals surface area contributed by atoms with Crippen LogP contribution in [0.5, 0.6) is 0 Å². The molecule has 0 radical (unpaired) electrons. The molecule has 2 aromatic carbocycles. The van der Waals surface area contributed by atoms with E-state index in [9.17, 15) is 4.39 Å². The van der Waals surface area contributed by atoms with Gasteiger partial charge in [0.25, 0.3) is 0 Å². The lowest BCUT2D eigenvalue weighted by Gasteiger charge is -2.08. The number of benzene rings is 2. The maximum absolute atomic E-state index is 13.6. The van der Waals surface area contributed by atoms with Gasteiger partial charge in [0.1, 0.15) is 5.82 Å². The third-order valence-electron chi connectivity index (χ3n) is 2.72. The largest absolute Gasteiger partial charge is 0.381 e. The predicted octanol–water partition coefficient (Wildman–Crippen LogP) is 3.62. The maximum Gasteiger partial charge on any atom is 0.129 e. The van der Waals surface area contributed by atoms with Crippen molar-refractivity contribution in [1.82, 2.24) is 0 Å². The van der Waals surface area contributed by atoms with Crippen LogP contribution < -0.4 is 5.32 Å². The van der Waals surface area contributed by atoms with E-state index in [4.69, 9.17) is 5.26 Å². The number of rotatable bonds is 3. The standard InChI is InChI=1S/C15H13FN2/c1-11-2-6-14(7-3-11)18-10-13-5-4-12(9-17)8-15(13)16/h2-8,18H,10H2,1H3. The molecule has 0 spiro atoms. The highest BCUT2D eigenvalue weighted by atomic mass is 19.1. The molecule has 3 heteroatoms. The number of nitrogens with zero attached hydrogens (tertiary/aromatic N) is 1. The molecule has 2 nitrogen and oxygen atoms in total. The average molecular weight is 240 g/mol. The van der Waals surface area contributed by atoms with E-state index < -0.39 is 0 Å². The Morgan fingerprint density at radius 1 is 1.17 bits per heavy atom. The van der Waals surface area contributed by atoms with Crippen LogP contribution in [-0.4, -0.2) is 0 Å². The van der Waals surface area contributed by atoms with Gasteiger partial charge >= 0.3 is 0 Å². The minimum atomic E-state index is -0.353. The fraction of sp³-hybridized carbons (Fsp3) is 0.133. The molecule has 1 N–H and O–H groups in total. The Hall–Kier alpha value is -2.34. The van der Waals surface area contributed by atoms with Crippen LogP contribution in [0.15, 0.2) is 42.5 Å². The zero-order chi connectivity index (χ0) is 13.0. The first kappa shape index (κ1) is 12.1. The molecule has 2 rings (SSSR count). The molecule has 0 bridgehead atoms. The normalized spacial score (nSPS) is 9.83. The highest BCUT2D eigenvalue weighted by molar-refractivity contribution is 5.45. The number of aryl methyl sites for hydroxylation is 1. The van der Waals surface area contributed by atoms with Crippen LogP contribution in [0.25, 0.3) is 0 Å². The van der Waals surface area contributed by atoms with Gasteiger partial charge in [0.05, 0.1) is 11.6 Å². The van der Waals surface area contributed by atoms with Crippen molar-refractivity contribution in [3.63, 3.8) is 0 Å². The van der Waals surface area contributed by atoms with E-state index >= 15 is 0 Å². The van der Waals surface area contributed by atoms with E-state index in [2.05, 4.69) is 5.32 Å². The van der Waals surface area contributed by atoms with E-state index in [0.717, 1.165) is 5.69 Å². The number of anilines is 1. The van der Waals surface area contributed by atoms with Gasteiger partial charge in [-0.05, 0) is 31.2 Å². The Bertz CT molecular complexity index is 582. The van der Waals surface area contributed by atoms with Gasteiger partial charge in [-0.25, -0.2) is 4.39 Å². The van der Waals surface area contributed by atoms with Gasteiger partial charge in [-0.15, -0.1) is 0 Å². The van der Waals surface area contributed by atoms with E-state index in [-0.39, 0.29) is 5.82 Å². The van der Waals surface area contributed by atoms with Gasteiger partial charge in [-0.2, -0.15) is 5.26 Å². The van der Waals surface area contributed by atoms with Gasteiger partial charge in [0, 0.05) is 17.8 Å². The number of nitrogens with one attached hydrogen (secondary N) is 1. The molecule has 0 saturated carbocycles. The zero-order valence-electron chi connectivity index (χ0n) is 10.1. The van der Waals surface area contributed by atoms with E-state index in [1.165, 1.54) is 11.6 Å². The van der Waals surface area contributed by atoms with Crippen molar-refractivity contribution in [2.75, 3.05) is 5.32 Å². The summed E-state index contributed by atoms with van der Waals surface area (Å²) in [5.74, 6) is -0.353. The number of hydrogen-bond acceptors (Lipinski definition) is 2. The molecule has 18 heavy (non-hydrogen) atoms. The molecule has 0 atom stereocenters. The second kappa shape index (κ2) is 5.33. The van der Waals surface area contributed by atoms with Gasteiger partial charge in [0.15, 0.2) is 0 Å². The summed E-state index contributed by atoms with van der Waals surface area (Å²) >= 11 is 0. The molecule has 0 aromatic heterocycles. The fourth-order valence-corrected chi connectivity index (χ4v) is 1.63. The van der Waals surface area contributed by atoms with Crippen LogP contribution in [0.1, 0.15) is 16.7 Å². The summed E-state index contributed by atoms with van der Waals surface area (Å²) in [5.41, 5.74) is 3.02. The Kier molecular flexibility index (Phi) is 3.59. The Balaban J connectivity index is 2.06. The first-order chi connectivity index (χ1) is 8.69. The van der Waals surface area contributed by atoms with Crippen molar-refractivity contribution in [3.05, 3.63) is 65.0 Å². The first-order valence-corrected chi connectivity index (χ1v) is 5.68. The van der Waals surface area contributed by atoms with Crippen LogP contribution in [0, 0.1) is 24.1 Å². The van der Waals surface area contributed by atoms with Crippen LogP contribution in [0.4, 0.5) is 10.1 Å². The molecule has 90 valence electrons. The SMILES string of the molecule is Cc1ccc(NCc2ccc(C#N)cc2F)cc1. The van der Waals surface area contributed by atoms with E-state index in [1.54, 1.807) is 12.1 Å². The van der Waals surface area contributed by atoms with Crippen LogP contribution >= 0.6 is 0 Å². The highest BCUT2D eigenvalue weighted by Crippen LogP contribution is 2.14. The van der Waals surface area contributed by atoms with Crippen molar-refractivity contribution in [2.24, 2.45) is 0 Å². The fourth-order valence-electron chi connectivity index (χ4n) is 1.63. The summed E-state index contributed by atoms with van der Waals surface area (Å²) in [6, 6.07) is 14.3. The van der Waals surface area contributed by atoms with Gasteiger partial charge < -0.3 is 5.32 Å². The second-order valence-electron chi connectivity index (χ2n) is 4.14. The average Bonchev–Trinajstić information content (AvgIpc) is 2.39. The van der Waals surface area contributed by atoms with Crippen molar-refractivity contribution in [1.29, 1.82) is 5.26 Å². The topological polar surface area (TPSA) is 35.8 Å². The second-order valence-corrected chi connectivity index (χ2v) is 4.14. The molecular weight excluding hydrogens is 227 g/mol. The summed E-state index contributed by atoms with van der Waals surface area (Å²) in [6.45, 7) is 2.42. The molecular formula is C15H13FN2. The Morgan fingerprint density at radius 3 is 2.50 bits per heavy atom. The molecule has 0 unspecified atom stereocenters. The summed E-state index contributed by atoms with van der Waals surface area (Å²) in [6.07, 6.45) is 0. The number of hydrogen-bond donors (Lipinski definition) is 1. The summed E-state index contributed by atoms with van der Waals surface area (Å²) in [7, 11) is 0. The maximum atomic E-state index is 13.6. The van der Waals surface area contributed by atoms with Crippen LogP contribution in [-0.2, 0) is 6.54 Å². The van der Waals surface area contributed by atoms with Crippen LogP contribution in [0.3, 0.4) is 0 Å². The van der Waals surface area contributed by atoms with Gasteiger partial charge in [-0.3, -0.25) is 0 Å². The minimum Gasteiger partial charge on any atom is -0.381 e. The lowest BCUT2D eigenvalue weighted by Crippen LogP contribution is -2.02. The smallest absolute Gasteiger partial charge is 0.129 e. The van der Waals surface area contributed by atoms with Gasteiger partial charge in [0.2, 0.25) is 0 Å². The molecule has 0 fully saturated rings. The number of halogens is 1. The van der Waals surface area contributed by atoms with Crippen molar-refractivity contribution >= 4 is 5.69 Å². The molecule has 0 amide bonds. The third kappa shape index (κ3) is 2.86. The highest BCUT2D eigenvalue weighted by Gasteiger charge is 2.03. The summed E-state index contributed by atoms with van der Waals surface area (Å²) < 4.78 is 13.6. The number of nitriles is 1. The Labute approximate surface area is 106 Å². The van der Waals surface area contributed by atoms with E-state index in [1.807, 2.05) is 37.3 Å². The van der Waals surface area contributed by atoms with Crippen molar-refractivity contribution in [2.45, 2.75) is 13.5 Å². The summed E-state index contributed by atoms with van der Waals surface area (Å²) in [5, 5.41) is 11.8. The molecule has 2 aromatic rings. The first-order valence-electron chi connectivity index (χ1n) is 5.68. The third-order valence-corrected chi connectivity index (χ3v) is 2.72. The molecule has 0 aliphatic carbocycles. The Morgan fingerprint density at radius 2 is 1.89 bits per heavy atom. The molecule has 0 aliphatic heterocycles. The lowest BCUT2D eigenvalue weighted by molar-refractivity contribution is 0.612. The van der Waals surface area contributed by atoms with Crippen molar-refractivity contribution < 1.29 is 4.39 Å². The van der Waals surface area contributed by atoms with Gasteiger partial charge in [-0.1, -0.05) is 23.8 Å². The predicted molar refractivity (Wildman–Crippen MR) is 69.6 cm³/mol. The molecule has 0 heterocycles.